The van der Waals surface area contributed by atoms with Gasteiger partial charge in [-0.25, -0.2) is 0 Å². The molecule has 0 aromatic heterocycles. The van der Waals surface area contributed by atoms with E-state index < -0.39 is 0 Å². The SMILES string of the molecule is CSCC(C)NC(=O)[C@H]1CCN[C@@H](C)C1.Cl. The highest BCUT2D eigenvalue weighted by Crippen LogP contribution is 2.16. The molecule has 1 heterocycles. The summed E-state index contributed by atoms with van der Waals surface area (Å²) in [5.41, 5.74) is 0. The highest BCUT2D eigenvalue weighted by atomic mass is 35.5. The van der Waals surface area contributed by atoms with E-state index in [1.54, 1.807) is 11.8 Å². The Bertz CT molecular complexity index is 216. The third-order valence-corrected chi connectivity index (χ3v) is 3.63. The topological polar surface area (TPSA) is 41.1 Å². The first-order chi connectivity index (χ1) is 7.13. The molecule has 1 fully saturated rings. The molecule has 0 aromatic rings. The van der Waals surface area contributed by atoms with E-state index >= 15 is 0 Å². The molecule has 0 aliphatic carbocycles. The molecule has 16 heavy (non-hydrogen) atoms. The molecular formula is C11H23ClN2OS. The van der Waals surface area contributed by atoms with Gasteiger partial charge in [-0.3, -0.25) is 4.79 Å². The quantitative estimate of drug-likeness (QED) is 0.813. The lowest BCUT2D eigenvalue weighted by molar-refractivity contribution is -0.126. The van der Waals surface area contributed by atoms with Gasteiger partial charge in [-0.1, -0.05) is 0 Å². The van der Waals surface area contributed by atoms with Gasteiger partial charge < -0.3 is 10.6 Å². The predicted molar refractivity (Wildman–Crippen MR) is 73.4 cm³/mol. The fraction of sp³-hybridized carbons (Fsp3) is 0.909. The van der Waals surface area contributed by atoms with Gasteiger partial charge in [0.05, 0.1) is 0 Å². The number of amides is 1. The van der Waals surface area contributed by atoms with E-state index in [4.69, 9.17) is 0 Å². The minimum absolute atomic E-state index is 0. The summed E-state index contributed by atoms with van der Waals surface area (Å²) >= 11 is 1.77. The van der Waals surface area contributed by atoms with Crippen molar-refractivity contribution in [3.05, 3.63) is 0 Å². The molecule has 1 unspecified atom stereocenters. The van der Waals surface area contributed by atoms with Crippen molar-refractivity contribution >= 4 is 30.1 Å². The summed E-state index contributed by atoms with van der Waals surface area (Å²) in [7, 11) is 0. The number of halogens is 1. The van der Waals surface area contributed by atoms with Crippen LogP contribution in [0.1, 0.15) is 26.7 Å². The van der Waals surface area contributed by atoms with Crippen LogP contribution in [-0.2, 0) is 4.79 Å². The average Bonchev–Trinajstić information content (AvgIpc) is 2.18. The number of hydrogen-bond acceptors (Lipinski definition) is 3. The van der Waals surface area contributed by atoms with Crippen LogP contribution in [0.15, 0.2) is 0 Å². The van der Waals surface area contributed by atoms with Crippen molar-refractivity contribution in [1.29, 1.82) is 0 Å². The van der Waals surface area contributed by atoms with E-state index in [0.717, 1.165) is 25.1 Å². The maximum atomic E-state index is 11.9. The van der Waals surface area contributed by atoms with Crippen molar-refractivity contribution in [3.63, 3.8) is 0 Å². The largest absolute Gasteiger partial charge is 0.353 e. The Morgan fingerprint density at radius 2 is 2.31 bits per heavy atom. The molecule has 0 bridgehead atoms. The highest BCUT2D eigenvalue weighted by molar-refractivity contribution is 7.98. The predicted octanol–water partition coefficient (Wildman–Crippen LogP) is 1.66. The monoisotopic (exact) mass is 266 g/mol. The van der Waals surface area contributed by atoms with Crippen molar-refractivity contribution in [2.75, 3.05) is 18.6 Å². The van der Waals surface area contributed by atoms with Crippen LogP contribution in [0.25, 0.3) is 0 Å². The van der Waals surface area contributed by atoms with Gasteiger partial charge in [0.2, 0.25) is 5.91 Å². The number of carbonyl (C=O) groups is 1. The van der Waals surface area contributed by atoms with E-state index in [2.05, 4.69) is 30.7 Å². The molecule has 5 heteroatoms. The number of rotatable bonds is 4. The summed E-state index contributed by atoms with van der Waals surface area (Å²) in [5.74, 6) is 1.45. The first-order valence-electron chi connectivity index (χ1n) is 5.66. The number of piperidine rings is 1. The van der Waals surface area contributed by atoms with Gasteiger partial charge in [0.25, 0.3) is 0 Å². The molecule has 96 valence electrons. The molecule has 1 saturated heterocycles. The van der Waals surface area contributed by atoms with Crippen molar-refractivity contribution in [2.24, 2.45) is 5.92 Å². The van der Waals surface area contributed by atoms with Gasteiger partial charge in [0.1, 0.15) is 0 Å². The zero-order valence-electron chi connectivity index (χ0n) is 10.3. The Hall–Kier alpha value is 0.0700. The van der Waals surface area contributed by atoms with E-state index in [0.29, 0.717) is 6.04 Å². The Morgan fingerprint density at radius 1 is 1.62 bits per heavy atom. The van der Waals surface area contributed by atoms with E-state index in [1.807, 2.05) is 0 Å². The van der Waals surface area contributed by atoms with Crippen LogP contribution in [0.4, 0.5) is 0 Å². The lowest BCUT2D eigenvalue weighted by atomic mass is 9.92. The van der Waals surface area contributed by atoms with Crippen LogP contribution in [0, 0.1) is 5.92 Å². The Labute approximate surface area is 109 Å². The zero-order chi connectivity index (χ0) is 11.3. The van der Waals surface area contributed by atoms with E-state index in [9.17, 15) is 4.79 Å². The van der Waals surface area contributed by atoms with Crippen LogP contribution in [-0.4, -0.2) is 36.5 Å². The third kappa shape index (κ3) is 5.41. The third-order valence-electron chi connectivity index (χ3n) is 2.80. The van der Waals surface area contributed by atoms with Crippen molar-refractivity contribution in [3.8, 4) is 0 Å². The Kier molecular flexibility index (Phi) is 8.24. The van der Waals surface area contributed by atoms with E-state index in [1.165, 1.54) is 0 Å². The van der Waals surface area contributed by atoms with Gasteiger partial charge in [0.15, 0.2) is 0 Å². The van der Waals surface area contributed by atoms with Gasteiger partial charge >= 0.3 is 0 Å². The number of carbonyl (C=O) groups excluding carboxylic acids is 1. The highest BCUT2D eigenvalue weighted by Gasteiger charge is 2.25. The smallest absolute Gasteiger partial charge is 0.223 e. The van der Waals surface area contributed by atoms with Gasteiger partial charge in [-0.2, -0.15) is 11.8 Å². The second-order valence-electron chi connectivity index (χ2n) is 4.44. The molecule has 2 N–H and O–H groups in total. The molecule has 1 amide bonds. The Balaban J connectivity index is 0.00000225. The van der Waals surface area contributed by atoms with Crippen LogP contribution in [0.5, 0.6) is 0 Å². The van der Waals surface area contributed by atoms with Crippen molar-refractivity contribution in [1.82, 2.24) is 10.6 Å². The fourth-order valence-electron chi connectivity index (χ4n) is 2.02. The summed E-state index contributed by atoms with van der Waals surface area (Å²) in [6.07, 6.45) is 4.01. The summed E-state index contributed by atoms with van der Waals surface area (Å²) in [4.78, 5) is 11.9. The molecule has 1 aliphatic heterocycles. The molecule has 0 spiro atoms. The molecule has 3 atom stereocenters. The van der Waals surface area contributed by atoms with E-state index in [-0.39, 0.29) is 30.3 Å². The van der Waals surface area contributed by atoms with Crippen LogP contribution < -0.4 is 10.6 Å². The fourth-order valence-corrected chi connectivity index (χ4v) is 2.61. The first-order valence-corrected chi connectivity index (χ1v) is 7.05. The lowest BCUT2D eigenvalue weighted by Crippen LogP contribution is -2.45. The molecule has 1 aliphatic rings. The number of thioether (sulfide) groups is 1. The number of hydrogen-bond donors (Lipinski definition) is 2. The lowest BCUT2D eigenvalue weighted by Gasteiger charge is -2.28. The van der Waals surface area contributed by atoms with Gasteiger partial charge in [-0.15, -0.1) is 12.4 Å². The number of nitrogens with one attached hydrogen (secondary N) is 2. The van der Waals surface area contributed by atoms with Gasteiger partial charge in [0, 0.05) is 23.8 Å². The van der Waals surface area contributed by atoms with Crippen molar-refractivity contribution in [2.45, 2.75) is 38.8 Å². The maximum absolute atomic E-state index is 11.9. The van der Waals surface area contributed by atoms with Crippen LogP contribution in [0.3, 0.4) is 0 Å². The standard InChI is InChI=1S/C11H22N2OS.ClH/c1-8-6-10(4-5-12-8)11(14)13-9(2)7-15-3;/h8-10,12H,4-7H2,1-3H3,(H,13,14);1H/t8-,9?,10-;/m0./s1. The zero-order valence-corrected chi connectivity index (χ0v) is 11.9. The van der Waals surface area contributed by atoms with Crippen LogP contribution >= 0.6 is 24.2 Å². The second kappa shape index (κ2) is 8.20. The molecule has 0 saturated carbocycles. The maximum Gasteiger partial charge on any atom is 0.223 e. The van der Waals surface area contributed by atoms with Crippen molar-refractivity contribution < 1.29 is 4.79 Å². The average molecular weight is 267 g/mol. The molecule has 0 radical (unpaired) electrons. The molecule has 3 nitrogen and oxygen atoms in total. The normalized spacial score (nSPS) is 26.7. The summed E-state index contributed by atoms with van der Waals surface area (Å²) in [5, 5.41) is 6.44. The molecule has 1 rings (SSSR count). The second-order valence-corrected chi connectivity index (χ2v) is 5.35. The Morgan fingerprint density at radius 3 is 2.88 bits per heavy atom. The summed E-state index contributed by atoms with van der Waals surface area (Å²) in [6.45, 7) is 5.18. The molecule has 0 aromatic carbocycles. The van der Waals surface area contributed by atoms with Gasteiger partial charge in [-0.05, 0) is 39.5 Å². The summed E-state index contributed by atoms with van der Waals surface area (Å²) < 4.78 is 0. The van der Waals surface area contributed by atoms with Crippen LogP contribution in [0.2, 0.25) is 0 Å². The summed E-state index contributed by atoms with van der Waals surface area (Å²) in [6, 6.07) is 0.767. The molecular weight excluding hydrogens is 244 g/mol. The minimum atomic E-state index is 0. The minimum Gasteiger partial charge on any atom is -0.353 e. The first kappa shape index (κ1) is 16.1.